The Kier molecular flexibility index (Phi) is 6.02. The molecule has 2 N–H and O–H groups in total. The van der Waals surface area contributed by atoms with Crippen molar-refractivity contribution < 1.29 is 9.59 Å². The monoisotopic (exact) mass is 388 g/mol. The Morgan fingerprint density at radius 1 is 0.966 bits per heavy atom. The average Bonchev–Trinajstić information content (AvgIpc) is 2.70. The van der Waals surface area contributed by atoms with Gasteiger partial charge in [0.25, 0.3) is 5.91 Å². The van der Waals surface area contributed by atoms with E-state index in [9.17, 15) is 9.59 Å². The Hall–Kier alpha value is -3.54. The van der Waals surface area contributed by atoms with Crippen LogP contribution in [0.5, 0.6) is 0 Å². The van der Waals surface area contributed by atoms with Gasteiger partial charge in [0.1, 0.15) is 11.5 Å². The first-order valence-electron chi connectivity index (χ1n) is 9.46. The van der Waals surface area contributed by atoms with Gasteiger partial charge in [-0.15, -0.1) is 0 Å². The van der Waals surface area contributed by atoms with Crippen LogP contribution in [0.4, 0.5) is 17.2 Å². The van der Waals surface area contributed by atoms with Crippen LogP contribution in [0.15, 0.2) is 54.9 Å². The second-order valence-electron chi connectivity index (χ2n) is 7.19. The fraction of sp³-hybridized carbons (Fsp3) is 0.217. The number of rotatable bonds is 6. The Morgan fingerprint density at radius 2 is 1.69 bits per heavy atom. The molecular weight excluding hydrogens is 364 g/mol. The molecule has 148 valence electrons. The minimum absolute atomic E-state index is 0.0221. The van der Waals surface area contributed by atoms with Gasteiger partial charge in [0, 0.05) is 16.9 Å². The number of anilines is 3. The zero-order valence-electron chi connectivity index (χ0n) is 17.0. The largest absolute Gasteiger partial charge is 0.338 e. The lowest BCUT2D eigenvalue weighted by Gasteiger charge is -2.16. The first-order chi connectivity index (χ1) is 13.8. The molecule has 0 aliphatic heterocycles. The molecule has 0 aliphatic carbocycles. The fourth-order valence-electron chi connectivity index (χ4n) is 2.96. The highest BCUT2D eigenvalue weighted by Gasteiger charge is 2.12. The van der Waals surface area contributed by atoms with E-state index in [4.69, 9.17) is 0 Å². The summed E-state index contributed by atoms with van der Waals surface area (Å²) in [7, 11) is 0. The van der Waals surface area contributed by atoms with Crippen LogP contribution in [0.25, 0.3) is 0 Å². The molecule has 6 heteroatoms. The number of carbonyl (C=O) groups is 2. The van der Waals surface area contributed by atoms with E-state index in [0.29, 0.717) is 23.0 Å². The standard InChI is InChI=1S/C23H24N4O2/c1-14(2)19-7-5-6-15(3)22(19)27-21-13-24-20(12-25-21)23(29)26-18-10-8-17(9-11-18)16(4)28/h5-14H,1-4H3,(H,25,27)(H,26,29). The molecule has 6 nitrogen and oxygen atoms in total. The van der Waals surface area contributed by atoms with Crippen molar-refractivity contribution in [1.82, 2.24) is 9.97 Å². The quantitative estimate of drug-likeness (QED) is 0.574. The van der Waals surface area contributed by atoms with Crippen molar-refractivity contribution in [2.45, 2.75) is 33.6 Å². The molecule has 0 saturated carbocycles. The van der Waals surface area contributed by atoms with Crippen LogP contribution in [-0.2, 0) is 0 Å². The number of Topliss-reactive ketones (excluding diaryl/α,β-unsaturated/α-hetero) is 1. The molecule has 0 spiro atoms. The molecule has 29 heavy (non-hydrogen) atoms. The minimum atomic E-state index is -0.363. The van der Waals surface area contributed by atoms with Crippen LogP contribution < -0.4 is 10.6 Å². The van der Waals surface area contributed by atoms with Gasteiger partial charge in [0.2, 0.25) is 0 Å². The molecule has 0 bridgehead atoms. The van der Waals surface area contributed by atoms with E-state index in [0.717, 1.165) is 11.3 Å². The van der Waals surface area contributed by atoms with Crippen LogP contribution in [0.1, 0.15) is 58.7 Å². The molecule has 3 aromatic rings. The van der Waals surface area contributed by atoms with Crippen LogP contribution in [-0.4, -0.2) is 21.7 Å². The molecular formula is C23H24N4O2. The number of hydrogen-bond acceptors (Lipinski definition) is 5. The van der Waals surface area contributed by atoms with Crippen molar-refractivity contribution in [3.8, 4) is 0 Å². The molecule has 0 radical (unpaired) electrons. The van der Waals surface area contributed by atoms with Gasteiger partial charge in [-0.05, 0) is 55.2 Å². The van der Waals surface area contributed by atoms with E-state index in [1.807, 2.05) is 19.1 Å². The predicted molar refractivity (Wildman–Crippen MR) is 115 cm³/mol. The van der Waals surface area contributed by atoms with E-state index in [1.165, 1.54) is 18.7 Å². The number of hydrogen-bond donors (Lipinski definition) is 2. The van der Waals surface area contributed by atoms with Gasteiger partial charge in [0.15, 0.2) is 5.78 Å². The second-order valence-corrected chi connectivity index (χ2v) is 7.19. The number of aromatic nitrogens is 2. The zero-order valence-corrected chi connectivity index (χ0v) is 17.0. The van der Waals surface area contributed by atoms with Gasteiger partial charge >= 0.3 is 0 Å². The van der Waals surface area contributed by atoms with Crippen LogP contribution >= 0.6 is 0 Å². The highest BCUT2D eigenvalue weighted by molar-refractivity contribution is 6.03. The van der Waals surface area contributed by atoms with Crippen molar-refractivity contribution in [3.63, 3.8) is 0 Å². The molecule has 1 aromatic heterocycles. The first-order valence-corrected chi connectivity index (χ1v) is 9.46. The summed E-state index contributed by atoms with van der Waals surface area (Å²) in [4.78, 5) is 32.3. The van der Waals surface area contributed by atoms with Crippen molar-refractivity contribution >= 4 is 28.9 Å². The minimum Gasteiger partial charge on any atom is -0.338 e. The Balaban J connectivity index is 1.72. The lowest BCUT2D eigenvalue weighted by Crippen LogP contribution is -2.14. The molecule has 3 rings (SSSR count). The summed E-state index contributed by atoms with van der Waals surface area (Å²) in [6.07, 6.45) is 2.99. The summed E-state index contributed by atoms with van der Waals surface area (Å²) >= 11 is 0. The predicted octanol–water partition coefficient (Wildman–Crippen LogP) is 5.11. The molecule has 0 aliphatic rings. The van der Waals surface area contributed by atoms with E-state index >= 15 is 0 Å². The van der Waals surface area contributed by atoms with E-state index in [-0.39, 0.29) is 17.4 Å². The van der Waals surface area contributed by atoms with Gasteiger partial charge in [-0.25, -0.2) is 9.97 Å². The lowest BCUT2D eigenvalue weighted by molar-refractivity contribution is 0.101. The lowest BCUT2D eigenvalue weighted by atomic mass is 9.98. The smallest absolute Gasteiger partial charge is 0.275 e. The maximum atomic E-state index is 12.4. The van der Waals surface area contributed by atoms with Crippen LogP contribution in [0.3, 0.4) is 0 Å². The topological polar surface area (TPSA) is 84.0 Å². The number of para-hydroxylation sites is 1. The highest BCUT2D eigenvalue weighted by Crippen LogP contribution is 2.29. The third-order valence-corrected chi connectivity index (χ3v) is 4.61. The second kappa shape index (κ2) is 8.65. The van der Waals surface area contributed by atoms with Crippen molar-refractivity contribution in [1.29, 1.82) is 0 Å². The maximum Gasteiger partial charge on any atom is 0.275 e. The summed E-state index contributed by atoms with van der Waals surface area (Å²) in [5.74, 6) is 0.554. The normalized spacial score (nSPS) is 10.7. The number of nitrogens with zero attached hydrogens (tertiary/aromatic N) is 2. The third-order valence-electron chi connectivity index (χ3n) is 4.61. The Labute approximate surface area is 170 Å². The molecule has 0 fully saturated rings. The van der Waals surface area contributed by atoms with Crippen molar-refractivity contribution in [3.05, 3.63) is 77.2 Å². The van der Waals surface area contributed by atoms with Gasteiger partial charge in [-0.3, -0.25) is 9.59 Å². The Bertz CT molecular complexity index is 1030. The van der Waals surface area contributed by atoms with E-state index in [2.05, 4.69) is 40.5 Å². The van der Waals surface area contributed by atoms with E-state index < -0.39 is 0 Å². The van der Waals surface area contributed by atoms with Gasteiger partial charge < -0.3 is 10.6 Å². The van der Waals surface area contributed by atoms with Gasteiger partial charge in [-0.2, -0.15) is 0 Å². The average molecular weight is 388 g/mol. The van der Waals surface area contributed by atoms with Crippen LogP contribution in [0.2, 0.25) is 0 Å². The number of aryl methyl sites for hydroxylation is 1. The highest BCUT2D eigenvalue weighted by atomic mass is 16.2. The molecule has 1 heterocycles. The third kappa shape index (κ3) is 4.85. The zero-order chi connectivity index (χ0) is 21.0. The number of ketones is 1. The summed E-state index contributed by atoms with van der Waals surface area (Å²) < 4.78 is 0. The number of nitrogens with one attached hydrogen (secondary N) is 2. The van der Waals surface area contributed by atoms with Gasteiger partial charge in [-0.1, -0.05) is 32.0 Å². The van der Waals surface area contributed by atoms with Crippen molar-refractivity contribution in [2.75, 3.05) is 10.6 Å². The van der Waals surface area contributed by atoms with Crippen LogP contribution in [0, 0.1) is 6.92 Å². The molecule has 0 unspecified atom stereocenters. The molecule has 0 saturated heterocycles. The molecule has 2 aromatic carbocycles. The first kappa shape index (κ1) is 20.2. The molecule has 1 amide bonds. The number of carbonyl (C=O) groups excluding carboxylic acids is 2. The number of benzene rings is 2. The SMILES string of the molecule is CC(=O)c1ccc(NC(=O)c2cnc(Nc3c(C)cccc3C(C)C)cn2)cc1. The summed E-state index contributed by atoms with van der Waals surface area (Å²) in [6.45, 7) is 7.82. The fourth-order valence-corrected chi connectivity index (χ4v) is 2.96. The maximum absolute atomic E-state index is 12.4. The Morgan fingerprint density at radius 3 is 2.28 bits per heavy atom. The number of amides is 1. The van der Waals surface area contributed by atoms with E-state index in [1.54, 1.807) is 30.5 Å². The summed E-state index contributed by atoms with van der Waals surface area (Å²) in [5, 5.41) is 6.07. The summed E-state index contributed by atoms with van der Waals surface area (Å²) in [6, 6.07) is 12.9. The van der Waals surface area contributed by atoms with Crippen molar-refractivity contribution in [2.24, 2.45) is 0 Å². The van der Waals surface area contributed by atoms with Gasteiger partial charge in [0.05, 0.1) is 12.4 Å². The summed E-state index contributed by atoms with van der Waals surface area (Å²) in [5.41, 5.74) is 4.72. The molecule has 0 atom stereocenters.